The average Bonchev–Trinajstić information content (AvgIpc) is 3.44. The molecular formula is C35H47N5O5. The van der Waals surface area contributed by atoms with Crippen LogP contribution in [0, 0.1) is 13.8 Å². The lowest BCUT2D eigenvalue weighted by Gasteiger charge is -2.38. The Hall–Kier alpha value is -4.47. The van der Waals surface area contributed by atoms with Gasteiger partial charge in [-0.05, 0) is 89.4 Å². The fourth-order valence-electron chi connectivity index (χ4n) is 5.31. The smallest absolute Gasteiger partial charge is 0.407 e. The summed E-state index contributed by atoms with van der Waals surface area (Å²) in [5.41, 5.74) is 3.90. The monoisotopic (exact) mass is 617 g/mol. The normalized spacial score (nSPS) is 13.4. The zero-order chi connectivity index (χ0) is 32.4. The summed E-state index contributed by atoms with van der Waals surface area (Å²) in [6, 6.07) is 17.3. The second kappa shape index (κ2) is 15.5. The first kappa shape index (κ1) is 33.4. The van der Waals surface area contributed by atoms with Crippen molar-refractivity contribution in [2.24, 2.45) is 0 Å². The maximum absolute atomic E-state index is 13.1. The third-order valence-electron chi connectivity index (χ3n) is 7.60. The predicted octanol–water partition coefficient (Wildman–Crippen LogP) is 6.29. The van der Waals surface area contributed by atoms with Crippen molar-refractivity contribution < 1.29 is 23.5 Å². The van der Waals surface area contributed by atoms with Gasteiger partial charge in [-0.3, -0.25) is 9.59 Å². The molecule has 45 heavy (non-hydrogen) atoms. The van der Waals surface area contributed by atoms with Crippen molar-refractivity contribution in [2.45, 2.75) is 65.9 Å². The molecule has 1 aromatic heterocycles. The highest BCUT2D eigenvalue weighted by Crippen LogP contribution is 2.30. The van der Waals surface area contributed by atoms with Crippen LogP contribution in [0.25, 0.3) is 0 Å². The standard InChI is InChI=1S/C35H47N5O5/c1-25-12-8-9-13-29(25)39-20-22-40(23-21-39)30-16-15-27(24-28(30)38-33(42)31-17-14-26(2)44-31)32(41)36-18-10-6-7-11-19-37-34(43)45-35(3,4)5/h8-9,12-17,24H,6-7,10-11,18-23H2,1-5H3,(H,36,41)(H,37,43)(H,38,42). The fraction of sp³-hybridized carbons (Fsp3) is 0.457. The van der Waals surface area contributed by atoms with Crippen LogP contribution in [0.3, 0.4) is 0 Å². The molecule has 3 aromatic rings. The van der Waals surface area contributed by atoms with Gasteiger partial charge in [0.15, 0.2) is 5.76 Å². The third-order valence-corrected chi connectivity index (χ3v) is 7.60. The SMILES string of the molecule is Cc1ccc(C(=O)Nc2cc(C(=O)NCCCCCCNC(=O)OC(C)(C)C)ccc2N2CCN(c3ccccc3C)CC2)o1. The highest BCUT2D eigenvalue weighted by molar-refractivity contribution is 6.05. The van der Waals surface area contributed by atoms with E-state index in [0.29, 0.717) is 30.1 Å². The van der Waals surface area contributed by atoms with Gasteiger partial charge in [-0.2, -0.15) is 0 Å². The highest BCUT2D eigenvalue weighted by atomic mass is 16.6. The first-order valence-electron chi connectivity index (χ1n) is 15.8. The Balaban J connectivity index is 1.32. The van der Waals surface area contributed by atoms with Gasteiger partial charge in [-0.15, -0.1) is 0 Å². The molecule has 0 radical (unpaired) electrons. The van der Waals surface area contributed by atoms with Crippen molar-refractivity contribution in [2.75, 3.05) is 54.4 Å². The third kappa shape index (κ3) is 10.0. The number of anilines is 3. The quantitative estimate of drug-likeness (QED) is 0.205. The molecule has 10 heteroatoms. The zero-order valence-corrected chi connectivity index (χ0v) is 27.2. The van der Waals surface area contributed by atoms with E-state index in [0.717, 1.165) is 57.5 Å². The van der Waals surface area contributed by atoms with E-state index in [1.54, 1.807) is 25.1 Å². The number of hydrogen-bond donors (Lipinski definition) is 3. The number of piperazine rings is 1. The number of furan rings is 1. The lowest BCUT2D eigenvalue weighted by molar-refractivity contribution is 0.0526. The van der Waals surface area contributed by atoms with Crippen molar-refractivity contribution in [1.82, 2.24) is 10.6 Å². The van der Waals surface area contributed by atoms with E-state index < -0.39 is 11.7 Å². The van der Waals surface area contributed by atoms with Crippen molar-refractivity contribution in [3.63, 3.8) is 0 Å². The molecule has 0 bridgehead atoms. The van der Waals surface area contributed by atoms with E-state index in [9.17, 15) is 14.4 Å². The minimum atomic E-state index is -0.509. The molecule has 4 rings (SSSR count). The largest absolute Gasteiger partial charge is 0.456 e. The molecule has 1 aliphatic rings. The number of alkyl carbamates (subject to hydrolysis) is 1. The van der Waals surface area contributed by atoms with Crippen LogP contribution in [-0.2, 0) is 4.74 Å². The van der Waals surface area contributed by atoms with Gasteiger partial charge in [0.25, 0.3) is 11.8 Å². The van der Waals surface area contributed by atoms with Gasteiger partial charge in [-0.25, -0.2) is 4.79 Å². The summed E-state index contributed by atoms with van der Waals surface area (Å²) in [7, 11) is 0. The Kier molecular flexibility index (Phi) is 11.5. The molecule has 0 aliphatic carbocycles. The molecule has 2 aromatic carbocycles. The molecule has 2 heterocycles. The maximum Gasteiger partial charge on any atom is 0.407 e. The van der Waals surface area contributed by atoms with Gasteiger partial charge in [0.05, 0.1) is 11.4 Å². The molecule has 242 valence electrons. The molecule has 3 amide bonds. The number of hydrogen-bond acceptors (Lipinski definition) is 7. The molecule has 1 fully saturated rings. The minimum absolute atomic E-state index is 0.193. The molecular weight excluding hydrogens is 570 g/mol. The second-order valence-corrected chi connectivity index (χ2v) is 12.5. The van der Waals surface area contributed by atoms with Gasteiger partial charge in [0.1, 0.15) is 11.4 Å². The number of unbranched alkanes of at least 4 members (excludes halogenated alkanes) is 3. The zero-order valence-electron chi connectivity index (χ0n) is 27.2. The number of aryl methyl sites for hydroxylation is 2. The molecule has 3 N–H and O–H groups in total. The molecule has 0 unspecified atom stereocenters. The van der Waals surface area contributed by atoms with Gasteiger partial charge in [-0.1, -0.05) is 31.0 Å². The van der Waals surface area contributed by atoms with Crippen LogP contribution >= 0.6 is 0 Å². The first-order chi connectivity index (χ1) is 21.5. The van der Waals surface area contributed by atoms with Crippen LogP contribution in [0.1, 0.15) is 78.7 Å². The van der Waals surface area contributed by atoms with E-state index in [-0.39, 0.29) is 17.6 Å². The van der Waals surface area contributed by atoms with Crippen LogP contribution in [0.4, 0.5) is 21.9 Å². The van der Waals surface area contributed by atoms with Crippen LogP contribution < -0.4 is 25.8 Å². The van der Waals surface area contributed by atoms with Crippen molar-refractivity contribution in [3.05, 3.63) is 77.2 Å². The number of carbonyl (C=O) groups is 3. The highest BCUT2D eigenvalue weighted by Gasteiger charge is 2.23. The lowest BCUT2D eigenvalue weighted by atomic mass is 10.1. The predicted molar refractivity (Wildman–Crippen MR) is 178 cm³/mol. The van der Waals surface area contributed by atoms with E-state index in [4.69, 9.17) is 9.15 Å². The summed E-state index contributed by atoms with van der Waals surface area (Å²) in [5.74, 6) is 0.322. The summed E-state index contributed by atoms with van der Waals surface area (Å²) in [6.45, 7) is 13.8. The second-order valence-electron chi connectivity index (χ2n) is 12.5. The number of amides is 3. The van der Waals surface area contributed by atoms with Gasteiger partial charge < -0.3 is 34.9 Å². The summed E-state index contributed by atoms with van der Waals surface area (Å²) in [5, 5.41) is 8.76. The molecule has 1 saturated heterocycles. The van der Waals surface area contributed by atoms with Gasteiger partial charge >= 0.3 is 6.09 Å². The summed E-state index contributed by atoms with van der Waals surface area (Å²) in [4.78, 5) is 42.5. The van der Waals surface area contributed by atoms with Gasteiger partial charge in [0.2, 0.25) is 0 Å². The van der Waals surface area contributed by atoms with Crippen molar-refractivity contribution >= 4 is 35.0 Å². The number of nitrogens with one attached hydrogen (secondary N) is 3. The Morgan fingerprint density at radius 2 is 1.42 bits per heavy atom. The maximum atomic E-state index is 13.1. The number of carbonyl (C=O) groups excluding carboxylic acids is 3. The summed E-state index contributed by atoms with van der Waals surface area (Å²) >= 11 is 0. The Morgan fingerprint density at radius 3 is 2.04 bits per heavy atom. The Morgan fingerprint density at radius 1 is 0.778 bits per heavy atom. The number of rotatable bonds is 12. The van der Waals surface area contributed by atoms with E-state index in [1.807, 2.05) is 32.9 Å². The number of ether oxygens (including phenoxy) is 1. The Bertz CT molecular complexity index is 1450. The minimum Gasteiger partial charge on any atom is -0.456 e. The van der Waals surface area contributed by atoms with Crippen LogP contribution in [-0.4, -0.2) is 62.8 Å². The first-order valence-corrected chi connectivity index (χ1v) is 15.8. The molecule has 0 spiro atoms. The lowest BCUT2D eigenvalue weighted by Crippen LogP contribution is -2.47. The van der Waals surface area contributed by atoms with E-state index in [2.05, 4.69) is 56.9 Å². The molecule has 0 saturated carbocycles. The summed E-state index contributed by atoms with van der Waals surface area (Å²) in [6.07, 6.45) is 3.11. The fourth-order valence-corrected chi connectivity index (χ4v) is 5.31. The van der Waals surface area contributed by atoms with Crippen molar-refractivity contribution in [1.29, 1.82) is 0 Å². The van der Waals surface area contributed by atoms with E-state index >= 15 is 0 Å². The summed E-state index contributed by atoms with van der Waals surface area (Å²) < 4.78 is 10.8. The van der Waals surface area contributed by atoms with E-state index in [1.165, 1.54) is 11.3 Å². The molecule has 1 aliphatic heterocycles. The number of benzene rings is 2. The van der Waals surface area contributed by atoms with Crippen molar-refractivity contribution in [3.8, 4) is 0 Å². The van der Waals surface area contributed by atoms with Crippen LogP contribution in [0.5, 0.6) is 0 Å². The number of nitrogens with zero attached hydrogens (tertiary/aromatic N) is 2. The van der Waals surface area contributed by atoms with Gasteiger partial charge in [0, 0.05) is 50.5 Å². The van der Waals surface area contributed by atoms with Crippen LogP contribution in [0.2, 0.25) is 0 Å². The topological polar surface area (TPSA) is 116 Å². The van der Waals surface area contributed by atoms with Crippen LogP contribution in [0.15, 0.2) is 59.0 Å². The Labute approximate surface area is 266 Å². The number of para-hydroxylation sites is 1. The molecule has 10 nitrogen and oxygen atoms in total. The molecule has 0 atom stereocenters. The average molecular weight is 618 g/mol.